The van der Waals surface area contributed by atoms with E-state index in [1.165, 1.54) is 4.90 Å². The molecule has 1 aromatic carbocycles. The maximum atomic E-state index is 12.3. The van der Waals surface area contributed by atoms with Crippen LogP contribution in [0.5, 0.6) is 5.75 Å². The standard InChI is InChI=1S/C19H19N3O4S/c1-3-21-13-8-4-6-10-15(13)26-16(21)11-7-5-9-14-18(25)22(12-17(23)24)19(27)20(14)2/h4-11H,3,12H2,1-2H3,(H,23,24)/b7-5+,14-9-,16-11-. The van der Waals surface area contributed by atoms with Gasteiger partial charge < -0.3 is 19.6 Å². The van der Waals surface area contributed by atoms with Gasteiger partial charge in [-0.2, -0.15) is 0 Å². The average molecular weight is 385 g/mol. The van der Waals surface area contributed by atoms with Crippen LogP contribution in [0.15, 0.2) is 60.1 Å². The quantitative estimate of drug-likeness (QED) is 0.616. The van der Waals surface area contributed by atoms with Gasteiger partial charge in [0.05, 0.1) is 5.69 Å². The molecule has 0 radical (unpaired) electrons. The van der Waals surface area contributed by atoms with Gasteiger partial charge in [-0.1, -0.05) is 24.3 Å². The van der Waals surface area contributed by atoms with Crippen LogP contribution in [0.25, 0.3) is 0 Å². The number of fused-ring (bicyclic) bond motifs is 1. The summed E-state index contributed by atoms with van der Waals surface area (Å²) in [7, 11) is 1.63. The topological polar surface area (TPSA) is 73.3 Å². The second-order valence-corrected chi connectivity index (χ2v) is 6.25. The fourth-order valence-corrected chi connectivity index (χ4v) is 3.14. The smallest absolute Gasteiger partial charge is 0.323 e. The van der Waals surface area contributed by atoms with Crippen molar-refractivity contribution in [3.05, 3.63) is 60.1 Å². The predicted molar refractivity (Wildman–Crippen MR) is 105 cm³/mol. The van der Waals surface area contributed by atoms with Crippen LogP contribution in [0.2, 0.25) is 0 Å². The summed E-state index contributed by atoms with van der Waals surface area (Å²) in [5.41, 5.74) is 1.33. The van der Waals surface area contributed by atoms with Crippen LogP contribution < -0.4 is 9.64 Å². The highest BCUT2D eigenvalue weighted by Crippen LogP contribution is 2.38. The highest BCUT2D eigenvalue weighted by atomic mass is 32.1. The Labute approximate surface area is 162 Å². The van der Waals surface area contributed by atoms with E-state index in [2.05, 4.69) is 0 Å². The summed E-state index contributed by atoms with van der Waals surface area (Å²) in [6.07, 6.45) is 6.88. The van der Waals surface area contributed by atoms with E-state index >= 15 is 0 Å². The lowest BCUT2D eigenvalue weighted by atomic mass is 10.3. The van der Waals surface area contributed by atoms with Gasteiger partial charge in [0.2, 0.25) is 5.88 Å². The Morgan fingerprint density at radius 2 is 1.93 bits per heavy atom. The molecule has 140 valence electrons. The Hall–Kier alpha value is -3.13. The molecule has 0 aliphatic carbocycles. The fraction of sp³-hybridized carbons (Fsp3) is 0.211. The van der Waals surface area contributed by atoms with E-state index in [1.54, 1.807) is 25.3 Å². The molecular weight excluding hydrogens is 366 g/mol. The second kappa shape index (κ2) is 7.63. The van der Waals surface area contributed by atoms with Crippen LogP contribution in [0, 0.1) is 0 Å². The number of anilines is 1. The third-order valence-electron chi connectivity index (χ3n) is 4.19. The number of ether oxygens (including phenoxy) is 1. The van der Waals surface area contributed by atoms with Gasteiger partial charge in [-0.3, -0.25) is 14.5 Å². The number of carbonyl (C=O) groups excluding carboxylic acids is 1. The first-order chi connectivity index (χ1) is 12.9. The predicted octanol–water partition coefficient (Wildman–Crippen LogP) is 2.33. The minimum atomic E-state index is -1.11. The molecule has 3 rings (SSSR count). The molecule has 1 fully saturated rings. The first kappa shape index (κ1) is 18.7. The summed E-state index contributed by atoms with van der Waals surface area (Å²) in [5.74, 6) is -0.0414. The molecule has 0 atom stereocenters. The first-order valence-electron chi connectivity index (χ1n) is 8.38. The summed E-state index contributed by atoms with van der Waals surface area (Å²) in [5, 5.41) is 9.08. The Balaban J connectivity index is 1.75. The highest BCUT2D eigenvalue weighted by Gasteiger charge is 2.36. The highest BCUT2D eigenvalue weighted by molar-refractivity contribution is 7.80. The Bertz CT molecular complexity index is 891. The number of nitrogens with zero attached hydrogens (tertiary/aromatic N) is 3. The molecule has 0 spiro atoms. The zero-order chi connectivity index (χ0) is 19.6. The molecule has 1 N–H and O–H groups in total. The molecule has 0 unspecified atom stereocenters. The van der Waals surface area contributed by atoms with E-state index in [0.717, 1.165) is 22.9 Å². The lowest BCUT2D eigenvalue weighted by molar-refractivity contribution is -0.140. The molecule has 0 saturated carbocycles. The van der Waals surface area contributed by atoms with Crippen molar-refractivity contribution in [2.45, 2.75) is 6.92 Å². The molecule has 2 heterocycles. The summed E-state index contributed by atoms with van der Waals surface area (Å²) in [6, 6.07) is 7.79. The lowest BCUT2D eigenvalue weighted by Crippen LogP contribution is -2.35. The van der Waals surface area contributed by atoms with Gasteiger partial charge in [0.15, 0.2) is 10.9 Å². The van der Waals surface area contributed by atoms with Gasteiger partial charge in [-0.15, -0.1) is 0 Å². The van der Waals surface area contributed by atoms with E-state index in [-0.39, 0.29) is 5.11 Å². The number of allylic oxidation sites excluding steroid dienone is 4. The molecule has 1 saturated heterocycles. The van der Waals surface area contributed by atoms with Gasteiger partial charge in [-0.25, -0.2) is 0 Å². The zero-order valence-corrected chi connectivity index (χ0v) is 15.8. The first-order valence-corrected chi connectivity index (χ1v) is 8.79. The molecule has 27 heavy (non-hydrogen) atoms. The molecule has 8 heteroatoms. The third kappa shape index (κ3) is 3.56. The van der Waals surface area contributed by atoms with E-state index in [1.807, 2.05) is 42.2 Å². The van der Waals surface area contributed by atoms with Crippen molar-refractivity contribution >= 4 is 34.9 Å². The minimum Gasteiger partial charge on any atom is -0.480 e. The molecule has 2 aliphatic rings. The SMILES string of the molecule is CCN1/C(=C/C=C/C=C2/C(=O)N(CC(=O)O)C(=S)N2C)Oc2ccccc21. The summed E-state index contributed by atoms with van der Waals surface area (Å²) in [6.45, 7) is 2.34. The van der Waals surface area contributed by atoms with E-state index in [4.69, 9.17) is 22.1 Å². The number of benzene rings is 1. The van der Waals surface area contributed by atoms with Crippen molar-refractivity contribution in [2.75, 3.05) is 25.0 Å². The molecule has 7 nitrogen and oxygen atoms in total. The number of carbonyl (C=O) groups is 2. The molecular formula is C19H19N3O4S. The lowest BCUT2D eigenvalue weighted by Gasteiger charge is -2.14. The van der Waals surface area contributed by atoms with Crippen LogP contribution in [0.1, 0.15) is 6.92 Å². The Kier molecular flexibility index (Phi) is 5.27. The number of amides is 1. The van der Waals surface area contributed by atoms with E-state index in [0.29, 0.717) is 11.6 Å². The number of carboxylic acid groups (broad SMARTS) is 1. The van der Waals surface area contributed by atoms with E-state index in [9.17, 15) is 9.59 Å². The third-order valence-corrected chi connectivity index (χ3v) is 4.69. The number of para-hydroxylation sites is 2. The van der Waals surface area contributed by atoms with Crippen molar-refractivity contribution in [3.63, 3.8) is 0 Å². The second-order valence-electron chi connectivity index (χ2n) is 5.88. The van der Waals surface area contributed by atoms with Crippen LogP contribution >= 0.6 is 12.2 Å². The number of rotatable bonds is 5. The summed E-state index contributed by atoms with van der Waals surface area (Å²) >= 11 is 5.14. The zero-order valence-electron chi connectivity index (χ0n) is 15.0. The van der Waals surface area contributed by atoms with Crippen molar-refractivity contribution in [1.82, 2.24) is 9.80 Å². The van der Waals surface area contributed by atoms with Crippen LogP contribution in [-0.4, -0.2) is 52.0 Å². The minimum absolute atomic E-state index is 0.173. The van der Waals surface area contributed by atoms with Gasteiger partial charge in [0, 0.05) is 13.6 Å². The monoisotopic (exact) mass is 385 g/mol. The van der Waals surface area contributed by atoms with Crippen LogP contribution in [0.3, 0.4) is 0 Å². The molecule has 2 aliphatic heterocycles. The maximum absolute atomic E-state index is 12.3. The van der Waals surface area contributed by atoms with Gasteiger partial charge in [0.25, 0.3) is 5.91 Å². The van der Waals surface area contributed by atoms with Crippen LogP contribution in [-0.2, 0) is 9.59 Å². The number of thiocarbonyl (C=S) groups is 1. The summed E-state index contributed by atoms with van der Waals surface area (Å²) in [4.78, 5) is 27.8. The van der Waals surface area contributed by atoms with Crippen molar-refractivity contribution < 1.29 is 19.4 Å². The normalized spacial score (nSPS) is 19.6. The average Bonchev–Trinajstić information content (AvgIpc) is 3.09. The van der Waals surface area contributed by atoms with Crippen molar-refractivity contribution in [1.29, 1.82) is 0 Å². The van der Waals surface area contributed by atoms with Gasteiger partial charge in [-0.05, 0) is 43.4 Å². The molecule has 1 aromatic rings. The Morgan fingerprint density at radius 1 is 1.22 bits per heavy atom. The number of likely N-dealkylation sites (N-methyl/N-ethyl adjacent to an activating group) is 1. The number of aliphatic carboxylic acids is 1. The molecule has 0 aromatic heterocycles. The van der Waals surface area contributed by atoms with Crippen molar-refractivity contribution in [3.8, 4) is 5.75 Å². The van der Waals surface area contributed by atoms with Crippen LogP contribution in [0.4, 0.5) is 5.69 Å². The number of carboxylic acids is 1. The molecule has 0 bridgehead atoms. The number of hydrogen-bond donors (Lipinski definition) is 1. The van der Waals surface area contributed by atoms with Gasteiger partial charge in [0.1, 0.15) is 12.2 Å². The van der Waals surface area contributed by atoms with Gasteiger partial charge >= 0.3 is 5.97 Å². The fourth-order valence-electron chi connectivity index (χ4n) is 2.90. The summed E-state index contributed by atoms with van der Waals surface area (Å²) < 4.78 is 5.85. The van der Waals surface area contributed by atoms with Crippen molar-refractivity contribution in [2.24, 2.45) is 0 Å². The maximum Gasteiger partial charge on any atom is 0.323 e. The number of hydrogen-bond acceptors (Lipinski definition) is 5. The van der Waals surface area contributed by atoms with E-state index < -0.39 is 18.4 Å². The molecule has 1 amide bonds. The largest absolute Gasteiger partial charge is 0.480 e. The Morgan fingerprint density at radius 3 is 2.63 bits per heavy atom.